The Hall–Kier alpha value is -2.18. The molecule has 0 spiro atoms. The molecule has 1 atom stereocenters. The highest BCUT2D eigenvalue weighted by molar-refractivity contribution is 5.81. The maximum Gasteiger partial charge on any atom is 0.322 e. The monoisotopic (exact) mass is 273 g/mol. The first kappa shape index (κ1) is 14.9. The summed E-state index contributed by atoms with van der Waals surface area (Å²) >= 11 is 0. The molecule has 2 N–H and O–H groups in total. The molecule has 7 heteroatoms. The summed E-state index contributed by atoms with van der Waals surface area (Å²) in [6.07, 6.45) is -0.807. The van der Waals surface area contributed by atoms with Crippen molar-refractivity contribution in [3.63, 3.8) is 0 Å². The zero-order valence-electron chi connectivity index (χ0n) is 10.2. The van der Waals surface area contributed by atoms with Crippen molar-refractivity contribution in [3.8, 4) is 5.75 Å². The SMILES string of the molecule is CC(CC(=O)NCC(=O)O)Oc1ccc(F)cc1F. The van der Waals surface area contributed by atoms with E-state index in [1.165, 1.54) is 6.92 Å². The molecule has 1 aromatic carbocycles. The third-order valence-corrected chi connectivity index (χ3v) is 2.13. The van der Waals surface area contributed by atoms with Gasteiger partial charge in [0.1, 0.15) is 18.5 Å². The second-order valence-corrected chi connectivity index (χ2v) is 3.88. The molecule has 19 heavy (non-hydrogen) atoms. The summed E-state index contributed by atoms with van der Waals surface area (Å²) in [5, 5.41) is 10.5. The van der Waals surface area contributed by atoms with E-state index in [9.17, 15) is 18.4 Å². The Kier molecular flexibility index (Phi) is 5.23. The largest absolute Gasteiger partial charge is 0.487 e. The second-order valence-electron chi connectivity index (χ2n) is 3.88. The molecule has 5 nitrogen and oxygen atoms in total. The molecule has 104 valence electrons. The average molecular weight is 273 g/mol. The van der Waals surface area contributed by atoms with Crippen molar-refractivity contribution in [2.75, 3.05) is 6.54 Å². The lowest BCUT2D eigenvalue weighted by atomic mass is 10.2. The summed E-state index contributed by atoms with van der Waals surface area (Å²) < 4.78 is 31.0. The van der Waals surface area contributed by atoms with Gasteiger partial charge >= 0.3 is 5.97 Å². The van der Waals surface area contributed by atoms with E-state index in [0.717, 1.165) is 12.1 Å². The van der Waals surface area contributed by atoms with Gasteiger partial charge in [-0.3, -0.25) is 9.59 Å². The first-order valence-corrected chi connectivity index (χ1v) is 5.48. The molecular formula is C12H13F2NO4. The Bertz CT molecular complexity index is 479. The molecule has 0 aromatic heterocycles. The highest BCUT2D eigenvalue weighted by atomic mass is 19.1. The summed E-state index contributed by atoms with van der Waals surface area (Å²) in [4.78, 5) is 21.5. The van der Waals surface area contributed by atoms with Crippen LogP contribution >= 0.6 is 0 Å². The molecule has 0 radical (unpaired) electrons. The van der Waals surface area contributed by atoms with Gasteiger partial charge in [0, 0.05) is 6.07 Å². The van der Waals surface area contributed by atoms with E-state index < -0.39 is 36.2 Å². The van der Waals surface area contributed by atoms with Gasteiger partial charge in [-0.25, -0.2) is 8.78 Å². The van der Waals surface area contributed by atoms with Crippen molar-refractivity contribution in [1.29, 1.82) is 0 Å². The van der Waals surface area contributed by atoms with Crippen LogP contribution in [0.5, 0.6) is 5.75 Å². The fraction of sp³-hybridized carbons (Fsp3) is 0.333. The van der Waals surface area contributed by atoms with Crippen LogP contribution in [0.4, 0.5) is 8.78 Å². The number of hydrogen-bond donors (Lipinski definition) is 2. The number of aliphatic carboxylic acids is 1. The smallest absolute Gasteiger partial charge is 0.322 e. The quantitative estimate of drug-likeness (QED) is 0.819. The highest BCUT2D eigenvalue weighted by Gasteiger charge is 2.13. The van der Waals surface area contributed by atoms with Gasteiger partial charge in [0.05, 0.1) is 6.42 Å². The minimum Gasteiger partial charge on any atom is -0.487 e. The second kappa shape index (κ2) is 6.67. The summed E-state index contributed by atoms with van der Waals surface area (Å²) in [6.45, 7) is 1.03. The molecule has 0 aliphatic heterocycles. The van der Waals surface area contributed by atoms with Crippen LogP contribution < -0.4 is 10.1 Å². The number of halogens is 2. The number of nitrogens with one attached hydrogen (secondary N) is 1. The molecule has 0 fully saturated rings. The first-order chi connectivity index (χ1) is 8.88. The number of carbonyl (C=O) groups excluding carboxylic acids is 1. The fourth-order valence-electron chi connectivity index (χ4n) is 1.34. The summed E-state index contributed by atoms with van der Waals surface area (Å²) in [7, 11) is 0. The highest BCUT2D eigenvalue weighted by Crippen LogP contribution is 2.19. The van der Waals surface area contributed by atoms with Crippen LogP contribution in [0.1, 0.15) is 13.3 Å². The minimum atomic E-state index is -1.16. The lowest BCUT2D eigenvalue weighted by Gasteiger charge is -2.14. The lowest BCUT2D eigenvalue weighted by Crippen LogP contribution is -2.32. The molecular weight excluding hydrogens is 260 g/mol. The van der Waals surface area contributed by atoms with E-state index >= 15 is 0 Å². The van der Waals surface area contributed by atoms with E-state index in [1.54, 1.807) is 0 Å². The Morgan fingerprint density at radius 1 is 1.42 bits per heavy atom. The molecule has 0 heterocycles. The van der Waals surface area contributed by atoms with Gasteiger partial charge in [0.2, 0.25) is 5.91 Å². The third-order valence-electron chi connectivity index (χ3n) is 2.13. The van der Waals surface area contributed by atoms with Gasteiger partial charge in [0.15, 0.2) is 11.6 Å². The first-order valence-electron chi connectivity index (χ1n) is 5.48. The number of carboxylic acid groups (broad SMARTS) is 1. The third kappa shape index (κ3) is 5.33. The van der Waals surface area contributed by atoms with E-state index in [2.05, 4.69) is 5.32 Å². The number of rotatable bonds is 6. The predicted molar refractivity (Wildman–Crippen MR) is 61.7 cm³/mol. The van der Waals surface area contributed by atoms with Gasteiger partial charge < -0.3 is 15.2 Å². The number of carbonyl (C=O) groups is 2. The van der Waals surface area contributed by atoms with Crippen molar-refractivity contribution >= 4 is 11.9 Å². The lowest BCUT2D eigenvalue weighted by molar-refractivity contribution is -0.138. The molecule has 1 aromatic rings. The molecule has 0 saturated carbocycles. The summed E-state index contributed by atoms with van der Waals surface area (Å²) in [6, 6.07) is 2.83. The van der Waals surface area contributed by atoms with Crippen LogP contribution in [0, 0.1) is 11.6 Å². The maximum absolute atomic E-state index is 13.3. The number of amides is 1. The predicted octanol–water partition coefficient (Wildman–Crippen LogP) is 1.32. The van der Waals surface area contributed by atoms with E-state index in [0.29, 0.717) is 6.07 Å². The van der Waals surface area contributed by atoms with Crippen LogP contribution in [0.25, 0.3) is 0 Å². The zero-order chi connectivity index (χ0) is 14.4. The van der Waals surface area contributed by atoms with E-state index in [-0.39, 0.29) is 12.2 Å². The molecule has 1 unspecified atom stereocenters. The van der Waals surface area contributed by atoms with Gasteiger partial charge in [0.25, 0.3) is 0 Å². The van der Waals surface area contributed by atoms with E-state index in [4.69, 9.17) is 9.84 Å². The van der Waals surface area contributed by atoms with Crippen molar-refractivity contribution in [1.82, 2.24) is 5.32 Å². The standard InChI is InChI=1S/C12H13F2NO4/c1-7(4-11(16)15-6-12(17)18)19-10-3-2-8(13)5-9(10)14/h2-3,5,7H,4,6H2,1H3,(H,15,16)(H,17,18). The van der Waals surface area contributed by atoms with E-state index in [1.807, 2.05) is 0 Å². The van der Waals surface area contributed by atoms with Gasteiger partial charge in [-0.1, -0.05) is 0 Å². The Labute approximate surface area is 108 Å². The van der Waals surface area contributed by atoms with Crippen LogP contribution in [0.3, 0.4) is 0 Å². The number of ether oxygens (including phenoxy) is 1. The van der Waals surface area contributed by atoms with Crippen molar-refractivity contribution in [3.05, 3.63) is 29.8 Å². The van der Waals surface area contributed by atoms with Crippen molar-refractivity contribution in [2.45, 2.75) is 19.4 Å². The fourth-order valence-corrected chi connectivity index (χ4v) is 1.34. The zero-order valence-corrected chi connectivity index (χ0v) is 10.2. The Balaban J connectivity index is 2.48. The Morgan fingerprint density at radius 2 is 2.11 bits per heavy atom. The molecule has 1 rings (SSSR count). The van der Waals surface area contributed by atoms with Crippen LogP contribution in [0.15, 0.2) is 18.2 Å². The van der Waals surface area contributed by atoms with Crippen LogP contribution in [0.2, 0.25) is 0 Å². The molecule has 0 bridgehead atoms. The number of benzene rings is 1. The number of hydrogen-bond acceptors (Lipinski definition) is 3. The number of carboxylic acids is 1. The van der Waals surface area contributed by atoms with Crippen molar-refractivity contribution in [2.24, 2.45) is 0 Å². The minimum absolute atomic E-state index is 0.135. The maximum atomic E-state index is 13.3. The summed E-state index contributed by atoms with van der Waals surface area (Å²) in [5.41, 5.74) is 0. The molecule has 1 amide bonds. The average Bonchev–Trinajstić information content (AvgIpc) is 2.30. The topological polar surface area (TPSA) is 75.6 Å². The molecule has 0 aliphatic rings. The van der Waals surface area contributed by atoms with Gasteiger partial charge in [-0.2, -0.15) is 0 Å². The normalized spacial score (nSPS) is 11.7. The summed E-state index contributed by atoms with van der Waals surface area (Å²) in [5.74, 6) is -3.45. The molecule has 0 aliphatic carbocycles. The van der Waals surface area contributed by atoms with Crippen LogP contribution in [-0.4, -0.2) is 29.6 Å². The van der Waals surface area contributed by atoms with Crippen LogP contribution in [-0.2, 0) is 9.59 Å². The van der Waals surface area contributed by atoms with Gasteiger partial charge in [-0.15, -0.1) is 0 Å². The Morgan fingerprint density at radius 3 is 2.68 bits per heavy atom. The van der Waals surface area contributed by atoms with Crippen molar-refractivity contribution < 1.29 is 28.2 Å². The molecule has 0 saturated heterocycles. The van der Waals surface area contributed by atoms with Gasteiger partial charge in [-0.05, 0) is 19.1 Å².